The number of aromatic amines is 1. The number of rotatable bonds is 5. The molecule has 1 aromatic rings. The highest BCUT2D eigenvalue weighted by atomic mass is 35.5. The molecule has 0 saturated heterocycles. The largest absolute Gasteiger partial charge is 0.465 e. The molecule has 1 heterocycles. The number of nitrogens with one attached hydrogen (secondary N) is 1. The first-order valence-electron chi connectivity index (χ1n) is 6.02. The lowest BCUT2D eigenvalue weighted by Gasteiger charge is -2.00. The number of alkyl halides is 1. The van der Waals surface area contributed by atoms with E-state index in [-0.39, 0.29) is 11.3 Å². The zero-order chi connectivity index (χ0) is 14.3. The molecular weight excluding hydrogens is 266 g/mol. The monoisotopic (exact) mass is 281 g/mol. The quantitative estimate of drug-likeness (QED) is 0.297. The van der Waals surface area contributed by atoms with E-state index >= 15 is 0 Å². The van der Waals surface area contributed by atoms with Crippen molar-refractivity contribution in [1.82, 2.24) is 4.98 Å². The average molecular weight is 282 g/mol. The van der Waals surface area contributed by atoms with Gasteiger partial charge in [0.15, 0.2) is 6.29 Å². The maximum Gasteiger partial charge on any atom is 0.340 e. The maximum absolute atomic E-state index is 11.7. The van der Waals surface area contributed by atoms with Crippen molar-refractivity contribution >= 4 is 23.9 Å². The number of hydrogen-bond donors (Lipinski definition) is 1. The van der Waals surface area contributed by atoms with Crippen LogP contribution in [0.5, 0.6) is 0 Å². The van der Waals surface area contributed by atoms with Crippen LogP contribution in [-0.4, -0.2) is 30.2 Å². The number of aromatic nitrogens is 1. The number of methoxy groups -OCH3 is 1. The number of carbonyl (C=O) groups excluding carboxylic acids is 2. The van der Waals surface area contributed by atoms with Gasteiger partial charge < -0.3 is 9.72 Å². The summed E-state index contributed by atoms with van der Waals surface area (Å²) in [6, 6.07) is 0. The van der Waals surface area contributed by atoms with Crippen molar-refractivity contribution in [3.8, 4) is 11.8 Å². The smallest absolute Gasteiger partial charge is 0.340 e. The van der Waals surface area contributed by atoms with Crippen LogP contribution < -0.4 is 0 Å². The second-order valence-electron chi connectivity index (χ2n) is 3.82. The normalized spacial score (nSPS) is 9.63. The Morgan fingerprint density at radius 2 is 2.26 bits per heavy atom. The summed E-state index contributed by atoms with van der Waals surface area (Å²) < 4.78 is 4.69. The highest BCUT2D eigenvalue weighted by Gasteiger charge is 2.21. The Kier molecular flexibility index (Phi) is 6.17. The molecule has 0 aliphatic carbocycles. The Labute approximate surface area is 117 Å². The Bertz CT molecular complexity index is 523. The number of carbonyl (C=O) groups is 2. The van der Waals surface area contributed by atoms with Crippen LogP contribution in [0.25, 0.3) is 0 Å². The predicted octanol–water partition coefficient (Wildman–Crippen LogP) is 2.55. The molecule has 19 heavy (non-hydrogen) atoms. The van der Waals surface area contributed by atoms with E-state index < -0.39 is 5.97 Å². The number of esters is 1. The molecule has 0 radical (unpaired) electrons. The molecule has 0 unspecified atom stereocenters. The van der Waals surface area contributed by atoms with E-state index in [1.807, 2.05) is 6.92 Å². The van der Waals surface area contributed by atoms with Gasteiger partial charge in [0, 0.05) is 17.9 Å². The molecule has 4 nitrogen and oxygen atoms in total. The van der Waals surface area contributed by atoms with Gasteiger partial charge in [-0.25, -0.2) is 4.79 Å². The van der Waals surface area contributed by atoms with Crippen LogP contribution in [0.1, 0.15) is 51.9 Å². The van der Waals surface area contributed by atoms with Crippen LogP contribution in [-0.2, 0) is 11.2 Å². The van der Waals surface area contributed by atoms with Gasteiger partial charge in [-0.05, 0) is 18.8 Å². The Hall–Kier alpha value is -1.73. The third-order valence-corrected chi connectivity index (χ3v) is 2.91. The van der Waals surface area contributed by atoms with Crippen LogP contribution in [0, 0.1) is 11.8 Å². The van der Waals surface area contributed by atoms with E-state index in [1.165, 1.54) is 7.11 Å². The number of H-pyrrole nitrogens is 1. The maximum atomic E-state index is 11.7. The summed E-state index contributed by atoms with van der Waals surface area (Å²) >= 11 is 5.57. The first-order valence-corrected chi connectivity index (χ1v) is 6.56. The molecule has 0 fully saturated rings. The fraction of sp³-hybridized carbons (Fsp3) is 0.429. The Balaban J connectivity index is 3.18. The lowest BCUT2D eigenvalue weighted by atomic mass is 10.1. The van der Waals surface area contributed by atoms with Gasteiger partial charge in [0.1, 0.15) is 0 Å². The predicted molar refractivity (Wildman–Crippen MR) is 73.7 cm³/mol. The van der Waals surface area contributed by atoms with Crippen molar-refractivity contribution in [3.63, 3.8) is 0 Å². The molecule has 0 atom stereocenters. The van der Waals surface area contributed by atoms with Gasteiger partial charge in [0.05, 0.1) is 24.1 Å². The van der Waals surface area contributed by atoms with Gasteiger partial charge in [0.2, 0.25) is 0 Å². The standard InChI is InChI=1S/C14H16ClNO3/c1-3-10-11(7-5-4-6-8-15)16-12(9-17)13(10)14(18)19-2/h9,16H,3-4,6,8H2,1-2H3. The summed E-state index contributed by atoms with van der Waals surface area (Å²) in [5.74, 6) is 5.95. The van der Waals surface area contributed by atoms with Gasteiger partial charge >= 0.3 is 5.97 Å². The summed E-state index contributed by atoms with van der Waals surface area (Å²) in [4.78, 5) is 25.6. The van der Waals surface area contributed by atoms with Gasteiger partial charge in [-0.3, -0.25) is 4.79 Å². The van der Waals surface area contributed by atoms with E-state index in [9.17, 15) is 9.59 Å². The Morgan fingerprint density at radius 3 is 2.79 bits per heavy atom. The molecule has 102 valence electrons. The van der Waals surface area contributed by atoms with Crippen molar-refractivity contribution in [2.75, 3.05) is 13.0 Å². The molecule has 5 heteroatoms. The van der Waals surface area contributed by atoms with Crippen molar-refractivity contribution in [2.45, 2.75) is 26.2 Å². The lowest BCUT2D eigenvalue weighted by Crippen LogP contribution is -2.06. The summed E-state index contributed by atoms with van der Waals surface area (Å²) in [5.41, 5.74) is 1.80. The fourth-order valence-corrected chi connectivity index (χ4v) is 1.88. The number of aldehydes is 1. The van der Waals surface area contributed by atoms with Crippen molar-refractivity contribution in [3.05, 3.63) is 22.5 Å². The average Bonchev–Trinajstić information content (AvgIpc) is 2.80. The first-order chi connectivity index (χ1) is 9.19. The van der Waals surface area contributed by atoms with E-state index in [0.29, 0.717) is 36.3 Å². The van der Waals surface area contributed by atoms with Crippen molar-refractivity contribution in [2.24, 2.45) is 0 Å². The van der Waals surface area contributed by atoms with Gasteiger partial charge in [-0.15, -0.1) is 11.6 Å². The molecule has 0 aliphatic heterocycles. The summed E-state index contributed by atoms with van der Waals surface area (Å²) in [5, 5.41) is 0. The number of ether oxygens (including phenoxy) is 1. The zero-order valence-electron chi connectivity index (χ0n) is 11.0. The third kappa shape index (κ3) is 3.62. The third-order valence-electron chi connectivity index (χ3n) is 2.64. The molecular formula is C14H16ClNO3. The molecule has 0 saturated carbocycles. The second-order valence-corrected chi connectivity index (χ2v) is 4.20. The number of hydrogen-bond acceptors (Lipinski definition) is 3. The minimum absolute atomic E-state index is 0.213. The minimum Gasteiger partial charge on any atom is -0.465 e. The molecule has 0 aromatic carbocycles. The lowest BCUT2D eigenvalue weighted by molar-refractivity contribution is 0.0597. The summed E-state index contributed by atoms with van der Waals surface area (Å²) in [7, 11) is 1.29. The second kappa shape index (κ2) is 7.65. The van der Waals surface area contributed by atoms with E-state index in [2.05, 4.69) is 16.8 Å². The molecule has 0 spiro atoms. The molecule has 0 bridgehead atoms. The molecule has 0 amide bonds. The highest BCUT2D eigenvalue weighted by molar-refractivity contribution is 6.17. The van der Waals surface area contributed by atoms with Crippen LogP contribution in [0.15, 0.2) is 0 Å². The topological polar surface area (TPSA) is 59.2 Å². The van der Waals surface area contributed by atoms with Gasteiger partial charge in [-0.2, -0.15) is 0 Å². The molecule has 1 N–H and O–H groups in total. The Morgan fingerprint density at radius 1 is 1.53 bits per heavy atom. The molecule has 1 rings (SSSR count). The van der Waals surface area contributed by atoms with Crippen molar-refractivity contribution in [1.29, 1.82) is 0 Å². The van der Waals surface area contributed by atoms with Crippen LogP contribution >= 0.6 is 11.6 Å². The SMILES string of the molecule is CCc1c(C#CCCCCl)[nH]c(C=O)c1C(=O)OC. The van der Waals surface area contributed by atoms with E-state index in [4.69, 9.17) is 16.3 Å². The van der Waals surface area contributed by atoms with Gasteiger partial charge in [-0.1, -0.05) is 12.8 Å². The van der Waals surface area contributed by atoms with E-state index in [0.717, 1.165) is 6.42 Å². The summed E-state index contributed by atoms with van der Waals surface area (Å²) in [6.45, 7) is 1.90. The van der Waals surface area contributed by atoms with Gasteiger partial charge in [0.25, 0.3) is 0 Å². The summed E-state index contributed by atoms with van der Waals surface area (Å²) in [6.07, 6.45) is 2.68. The highest BCUT2D eigenvalue weighted by Crippen LogP contribution is 2.19. The fourth-order valence-electron chi connectivity index (χ4n) is 1.75. The van der Waals surface area contributed by atoms with Crippen LogP contribution in [0.4, 0.5) is 0 Å². The van der Waals surface area contributed by atoms with Crippen LogP contribution in [0.3, 0.4) is 0 Å². The minimum atomic E-state index is -0.524. The van der Waals surface area contributed by atoms with E-state index in [1.54, 1.807) is 0 Å². The zero-order valence-corrected chi connectivity index (χ0v) is 11.8. The number of unbranched alkanes of at least 4 members (excludes halogenated alkanes) is 1. The molecule has 0 aliphatic rings. The van der Waals surface area contributed by atoms with Crippen molar-refractivity contribution < 1.29 is 14.3 Å². The molecule has 1 aromatic heterocycles. The number of halogens is 1. The van der Waals surface area contributed by atoms with Crippen LogP contribution in [0.2, 0.25) is 0 Å². The first kappa shape index (κ1) is 15.3.